The summed E-state index contributed by atoms with van der Waals surface area (Å²) in [5.41, 5.74) is 8.86. The number of aryl methyl sites for hydroxylation is 1. The molecule has 2 fully saturated rings. The van der Waals surface area contributed by atoms with E-state index in [1.165, 1.54) is 12.1 Å². The molecule has 0 spiro atoms. The Morgan fingerprint density at radius 1 is 1.18 bits per heavy atom. The Kier molecular flexibility index (Phi) is 9.02. The molecule has 0 bridgehead atoms. The van der Waals surface area contributed by atoms with Crippen molar-refractivity contribution in [2.45, 2.75) is 70.6 Å². The summed E-state index contributed by atoms with van der Waals surface area (Å²) < 4.78 is 14.0. The second-order valence-electron chi connectivity index (χ2n) is 11.2. The molecule has 3 N–H and O–H groups in total. The monoisotopic (exact) mass is 537 g/mol. The molecule has 2 aromatic carbocycles. The molecule has 0 aromatic heterocycles. The molecule has 2 saturated heterocycles. The molecule has 4 rings (SSSR count). The van der Waals surface area contributed by atoms with Gasteiger partial charge in [0.1, 0.15) is 5.82 Å². The predicted octanol–water partition coefficient (Wildman–Crippen LogP) is 3.12. The van der Waals surface area contributed by atoms with Crippen LogP contribution in [0.3, 0.4) is 0 Å². The van der Waals surface area contributed by atoms with Crippen LogP contribution in [0, 0.1) is 18.7 Å². The minimum absolute atomic E-state index is 0.0202. The van der Waals surface area contributed by atoms with E-state index in [2.05, 4.69) is 28.0 Å². The van der Waals surface area contributed by atoms with Crippen molar-refractivity contribution in [2.24, 2.45) is 5.92 Å². The molecule has 0 radical (unpaired) electrons. The Hall–Kier alpha value is -3.30. The summed E-state index contributed by atoms with van der Waals surface area (Å²) in [5, 5.41) is 2.80. The number of amides is 3. The maximum atomic E-state index is 14.0. The third-order valence-electron chi connectivity index (χ3n) is 8.24. The van der Waals surface area contributed by atoms with Gasteiger partial charge in [0.2, 0.25) is 11.8 Å². The molecular weight excluding hydrogens is 497 g/mol. The van der Waals surface area contributed by atoms with Crippen molar-refractivity contribution >= 4 is 17.7 Å². The van der Waals surface area contributed by atoms with Gasteiger partial charge in [0, 0.05) is 29.6 Å². The number of nitrogens with one attached hydrogen (secondary N) is 3. The molecule has 8 nitrogen and oxygen atoms in total. The highest BCUT2D eigenvalue weighted by molar-refractivity contribution is 5.96. The summed E-state index contributed by atoms with van der Waals surface area (Å²) in [6, 6.07) is 11.9. The smallest absolute Gasteiger partial charge is 0.251 e. The third-order valence-corrected chi connectivity index (χ3v) is 8.24. The third kappa shape index (κ3) is 6.65. The summed E-state index contributed by atoms with van der Waals surface area (Å²) in [6.45, 7) is 5.89. The number of likely N-dealkylation sites (tertiary alicyclic amines) is 1. The largest absolute Gasteiger partial charge is 0.343 e. The number of hydrazine groups is 1. The predicted molar refractivity (Wildman–Crippen MR) is 148 cm³/mol. The average Bonchev–Trinajstić information content (AvgIpc) is 3.35. The Morgan fingerprint density at radius 2 is 1.95 bits per heavy atom. The van der Waals surface area contributed by atoms with Crippen LogP contribution in [-0.2, 0) is 16.0 Å². The van der Waals surface area contributed by atoms with Gasteiger partial charge < -0.3 is 15.1 Å². The molecule has 2 heterocycles. The van der Waals surface area contributed by atoms with Gasteiger partial charge in [-0.15, -0.1) is 0 Å². The standard InChI is InChI=1S/C30H40FN5O3/c1-18-13-23(10-9-21(18)15-24-14-19(2)33-34-30(24)39)29(38)32-17-28(37)36-26(20(3)35(4)5)11-12-27(36)22-7-6-8-25(31)16-22/h6-10,13,16,19-20,24,26-27,33H,11-12,14-15,17H2,1-5H3,(H,32,38)(H,34,39)/t19?,20-,24?,26+,27-/m0/s1. The lowest BCUT2D eigenvalue weighted by Crippen LogP contribution is -2.52. The molecule has 2 aromatic rings. The molecule has 210 valence electrons. The van der Waals surface area contributed by atoms with Gasteiger partial charge in [0.25, 0.3) is 5.91 Å². The van der Waals surface area contributed by atoms with E-state index >= 15 is 0 Å². The molecule has 2 aliphatic rings. The van der Waals surface area contributed by atoms with Gasteiger partial charge in [-0.05, 0) is 102 Å². The number of rotatable bonds is 8. The van der Waals surface area contributed by atoms with Crippen LogP contribution >= 0.6 is 0 Å². The summed E-state index contributed by atoms with van der Waals surface area (Å²) in [4.78, 5) is 42.7. The Labute approximate surface area is 230 Å². The molecule has 0 saturated carbocycles. The van der Waals surface area contributed by atoms with E-state index in [0.29, 0.717) is 12.0 Å². The van der Waals surface area contributed by atoms with E-state index in [9.17, 15) is 18.8 Å². The van der Waals surface area contributed by atoms with Gasteiger partial charge in [-0.1, -0.05) is 18.2 Å². The molecule has 9 heteroatoms. The average molecular weight is 538 g/mol. The van der Waals surface area contributed by atoms with Crippen molar-refractivity contribution in [3.63, 3.8) is 0 Å². The topological polar surface area (TPSA) is 93.8 Å². The molecule has 0 aliphatic carbocycles. The second-order valence-corrected chi connectivity index (χ2v) is 11.2. The maximum Gasteiger partial charge on any atom is 0.251 e. The Bertz CT molecular complexity index is 1220. The zero-order valence-corrected chi connectivity index (χ0v) is 23.5. The van der Waals surface area contributed by atoms with Gasteiger partial charge in [0.15, 0.2) is 0 Å². The van der Waals surface area contributed by atoms with Gasteiger partial charge >= 0.3 is 0 Å². The van der Waals surface area contributed by atoms with Crippen molar-refractivity contribution in [1.82, 2.24) is 26.0 Å². The number of benzene rings is 2. The summed E-state index contributed by atoms with van der Waals surface area (Å²) in [6.07, 6.45) is 2.89. The van der Waals surface area contributed by atoms with Gasteiger partial charge in [-0.25, -0.2) is 9.82 Å². The first kappa shape index (κ1) is 28.7. The molecule has 39 heavy (non-hydrogen) atoms. The fraction of sp³-hybridized carbons (Fsp3) is 0.500. The van der Waals surface area contributed by atoms with Crippen molar-refractivity contribution in [2.75, 3.05) is 20.6 Å². The number of carbonyl (C=O) groups excluding carboxylic acids is 3. The molecular formula is C30H40FN5O3. The van der Waals surface area contributed by atoms with Crippen LogP contribution in [-0.4, -0.2) is 66.3 Å². The van der Waals surface area contributed by atoms with E-state index in [4.69, 9.17) is 0 Å². The lowest BCUT2D eigenvalue weighted by atomic mass is 9.89. The highest BCUT2D eigenvalue weighted by atomic mass is 19.1. The highest BCUT2D eigenvalue weighted by Gasteiger charge is 2.41. The summed E-state index contributed by atoms with van der Waals surface area (Å²) >= 11 is 0. The first-order valence-electron chi connectivity index (χ1n) is 13.7. The number of likely N-dealkylation sites (N-methyl/N-ethyl adjacent to an activating group) is 1. The first-order chi connectivity index (χ1) is 18.5. The van der Waals surface area contributed by atoms with Gasteiger partial charge in [-0.2, -0.15) is 0 Å². The second kappa shape index (κ2) is 12.3. The van der Waals surface area contributed by atoms with Crippen molar-refractivity contribution in [1.29, 1.82) is 0 Å². The van der Waals surface area contributed by atoms with Crippen LogP contribution < -0.4 is 16.2 Å². The van der Waals surface area contributed by atoms with Crippen molar-refractivity contribution in [3.8, 4) is 0 Å². The maximum absolute atomic E-state index is 14.0. The van der Waals surface area contributed by atoms with Crippen LogP contribution in [0.25, 0.3) is 0 Å². The fourth-order valence-corrected chi connectivity index (χ4v) is 5.80. The van der Waals surface area contributed by atoms with Gasteiger partial charge in [0.05, 0.1) is 12.6 Å². The van der Waals surface area contributed by atoms with Crippen LogP contribution in [0.1, 0.15) is 66.2 Å². The molecule has 5 atom stereocenters. The van der Waals surface area contributed by atoms with E-state index in [-0.39, 0.29) is 60.2 Å². The van der Waals surface area contributed by atoms with Crippen LogP contribution in [0.2, 0.25) is 0 Å². The minimum Gasteiger partial charge on any atom is -0.343 e. The molecule has 3 amide bonds. The van der Waals surface area contributed by atoms with E-state index in [1.807, 2.05) is 45.0 Å². The van der Waals surface area contributed by atoms with Crippen LogP contribution in [0.5, 0.6) is 0 Å². The zero-order valence-electron chi connectivity index (χ0n) is 23.5. The highest BCUT2D eigenvalue weighted by Crippen LogP contribution is 2.38. The lowest BCUT2D eigenvalue weighted by molar-refractivity contribution is -0.134. The minimum atomic E-state index is -0.329. The zero-order chi connectivity index (χ0) is 28.3. The van der Waals surface area contributed by atoms with E-state index < -0.39 is 0 Å². The lowest BCUT2D eigenvalue weighted by Gasteiger charge is -2.36. The first-order valence-corrected chi connectivity index (χ1v) is 13.7. The number of carbonyl (C=O) groups is 3. The number of hydrogen-bond donors (Lipinski definition) is 3. The fourth-order valence-electron chi connectivity index (χ4n) is 5.80. The Morgan fingerprint density at radius 3 is 2.64 bits per heavy atom. The summed E-state index contributed by atoms with van der Waals surface area (Å²) in [5.74, 6) is -0.987. The molecule has 2 unspecified atom stereocenters. The van der Waals surface area contributed by atoms with Gasteiger partial charge in [-0.3, -0.25) is 19.8 Å². The Balaban J connectivity index is 1.44. The van der Waals surface area contributed by atoms with E-state index in [1.54, 1.807) is 18.2 Å². The van der Waals surface area contributed by atoms with Crippen molar-refractivity contribution < 1.29 is 18.8 Å². The normalized spacial score (nSPS) is 24.0. The summed E-state index contributed by atoms with van der Waals surface area (Å²) in [7, 11) is 3.96. The SMILES string of the molecule is Cc1cc(C(=O)NCC(=O)N2[C@@H]([C@H](C)N(C)C)CC[C@H]2c2cccc(F)c2)ccc1CC1CC(C)NNC1=O. The van der Waals surface area contributed by atoms with E-state index in [0.717, 1.165) is 36.0 Å². The van der Waals surface area contributed by atoms with Crippen LogP contribution in [0.15, 0.2) is 42.5 Å². The number of nitrogens with zero attached hydrogens (tertiary/aromatic N) is 2. The quantitative estimate of drug-likeness (QED) is 0.481. The van der Waals surface area contributed by atoms with Crippen LogP contribution in [0.4, 0.5) is 4.39 Å². The molecule has 2 aliphatic heterocycles. The van der Waals surface area contributed by atoms with Crippen molar-refractivity contribution in [3.05, 3.63) is 70.5 Å². The number of halogens is 1. The number of hydrogen-bond acceptors (Lipinski definition) is 5.